The topological polar surface area (TPSA) is 61.8 Å². The molecule has 124 valence electrons. The van der Waals surface area contributed by atoms with Gasteiger partial charge >= 0.3 is 0 Å². The molecule has 2 aromatic carbocycles. The molecule has 0 unspecified atom stereocenters. The quantitative estimate of drug-likeness (QED) is 0.506. The Labute approximate surface area is 150 Å². The van der Waals surface area contributed by atoms with Gasteiger partial charge in [0.15, 0.2) is 0 Å². The van der Waals surface area contributed by atoms with Crippen LogP contribution in [0, 0.1) is 13.8 Å². The van der Waals surface area contributed by atoms with Gasteiger partial charge in [0.05, 0.1) is 5.39 Å². The summed E-state index contributed by atoms with van der Waals surface area (Å²) in [5.41, 5.74) is 5.25. The van der Waals surface area contributed by atoms with E-state index in [0.29, 0.717) is 0 Å². The molecule has 5 heteroatoms. The van der Waals surface area contributed by atoms with Crippen molar-refractivity contribution in [2.24, 2.45) is 0 Å². The Morgan fingerprint density at radius 2 is 1.64 bits per heavy atom. The van der Waals surface area contributed by atoms with Crippen LogP contribution in [-0.4, -0.2) is 20.1 Å². The van der Waals surface area contributed by atoms with Gasteiger partial charge in [0.2, 0.25) is 0 Å². The van der Waals surface area contributed by atoms with Crippen molar-refractivity contribution in [3.8, 4) is 17.0 Å². The Morgan fingerprint density at radius 1 is 0.920 bits per heavy atom. The van der Waals surface area contributed by atoms with Gasteiger partial charge in [0.25, 0.3) is 0 Å². The highest BCUT2D eigenvalue weighted by molar-refractivity contribution is 7.99. The third-order valence-electron chi connectivity index (χ3n) is 3.98. The number of rotatable bonds is 3. The second kappa shape index (κ2) is 6.26. The molecule has 0 aliphatic rings. The number of fused-ring (bicyclic) bond motifs is 1. The SMILES string of the molecule is Cc1cc(C)cc(Sc2ncnc3[nH]c(-c4ccc(O)cc4)cc23)c1. The Kier molecular flexibility index (Phi) is 3.93. The number of hydrogen-bond donors (Lipinski definition) is 2. The lowest BCUT2D eigenvalue weighted by molar-refractivity contribution is 0.475. The predicted molar refractivity (Wildman–Crippen MR) is 101 cm³/mol. The highest BCUT2D eigenvalue weighted by Gasteiger charge is 2.11. The molecule has 0 saturated carbocycles. The van der Waals surface area contributed by atoms with Gasteiger partial charge in [0, 0.05) is 10.6 Å². The number of aryl methyl sites for hydroxylation is 2. The van der Waals surface area contributed by atoms with Gasteiger partial charge in [0.1, 0.15) is 22.7 Å². The maximum atomic E-state index is 9.46. The van der Waals surface area contributed by atoms with E-state index in [1.807, 2.05) is 12.1 Å². The van der Waals surface area contributed by atoms with Crippen LogP contribution in [0.2, 0.25) is 0 Å². The molecule has 4 nitrogen and oxygen atoms in total. The fraction of sp³-hybridized carbons (Fsp3) is 0.100. The highest BCUT2D eigenvalue weighted by Crippen LogP contribution is 2.34. The molecule has 25 heavy (non-hydrogen) atoms. The van der Waals surface area contributed by atoms with Crippen LogP contribution in [0.3, 0.4) is 0 Å². The molecule has 2 N–H and O–H groups in total. The second-order valence-corrected chi connectivity index (χ2v) is 7.16. The van der Waals surface area contributed by atoms with Crippen LogP contribution in [0.5, 0.6) is 5.75 Å². The largest absolute Gasteiger partial charge is 0.508 e. The van der Waals surface area contributed by atoms with Crippen LogP contribution in [0.4, 0.5) is 0 Å². The first kappa shape index (κ1) is 15.7. The standard InChI is InChI=1S/C20H17N3OS/c1-12-7-13(2)9-16(8-12)25-20-17-10-18(23-19(17)21-11-22-20)14-3-5-15(24)6-4-14/h3-11,24H,1-2H3,(H,21,22,23). The number of H-pyrrole nitrogens is 1. The minimum Gasteiger partial charge on any atom is -0.508 e. The molecule has 2 aromatic heterocycles. The zero-order valence-electron chi connectivity index (χ0n) is 13.9. The molecule has 0 aliphatic heterocycles. The fourth-order valence-corrected chi connectivity index (χ4v) is 3.98. The molecule has 0 radical (unpaired) electrons. The molecule has 0 atom stereocenters. The molecule has 0 bridgehead atoms. The van der Waals surface area contributed by atoms with Crippen LogP contribution < -0.4 is 0 Å². The number of phenols is 1. The van der Waals surface area contributed by atoms with Gasteiger partial charge in [-0.05, 0) is 73.0 Å². The lowest BCUT2D eigenvalue weighted by Gasteiger charge is -2.04. The summed E-state index contributed by atoms with van der Waals surface area (Å²) < 4.78 is 0. The van der Waals surface area contributed by atoms with E-state index in [0.717, 1.165) is 27.3 Å². The van der Waals surface area contributed by atoms with Crippen molar-refractivity contribution in [1.82, 2.24) is 15.0 Å². The Bertz CT molecular complexity index is 1030. The summed E-state index contributed by atoms with van der Waals surface area (Å²) >= 11 is 1.65. The first-order valence-corrected chi connectivity index (χ1v) is 8.79. The summed E-state index contributed by atoms with van der Waals surface area (Å²) in [6.45, 7) is 4.21. The van der Waals surface area contributed by atoms with Gasteiger partial charge in [-0.2, -0.15) is 0 Å². The number of aromatic amines is 1. The van der Waals surface area contributed by atoms with E-state index in [-0.39, 0.29) is 5.75 Å². The third kappa shape index (κ3) is 3.23. The zero-order chi connectivity index (χ0) is 17.4. The fourth-order valence-electron chi connectivity index (χ4n) is 2.90. The number of hydrogen-bond acceptors (Lipinski definition) is 4. The smallest absolute Gasteiger partial charge is 0.142 e. The molecule has 0 spiro atoms. The van der Waals surface area contributed by atoms with Crippen molar-refractivity contribution in [2.45, 2.75) is 23.8 Å². The van der Waals surface area contributed by atoms with E-state index in [1.165, 1.54) is 16.0 Å². The van der Waals surface area contributed by atoms with Gasteiger partial charge in [-0.1, -0.05) is 17.8 Å². The number of nitrogens with one attached hydrogen (secondary N) is 1. The van der Waals surface area contributed by atoms with Crippen molar-refractivity contribution < 1.29 is 5.11 Å². The summed E-state index contributed by atoms with van der Waals surface area (Å²) in [6.07, 6.45) is 1.59. The van der Waals surface area contributed by atoms with Crippen LogP contribution in [0.15, 0.2) is 64.8 Å². The first-order valence-electron chi connectivity index (χ1n) is 7.98. The average Bonchev–Trinajstić information content (AvgIpc) is 3.00. The summed E-state index contributed by atoms with van der Waals surface area (Å²) in [7, 11) is 0. The van der Waals surface area contributed by atoms with E-state index in [2.05, 4.69) is 53.1 Å². The predicted octanol–water partition coefficient (Wildman–Crippen LogP) is 5.10. The molecule has 0 amide bonds. The van der Waals surface area contributed by atoms with Gasteiger partial charge in [-0.25, -0.2) is 9.97 Å². The van der Waals surface area contributed by atoms with Crippen molar-refractivity contribution in [3.05, 3.63) is 66.0 Å². The summed E-state index contributed by atoms with van der Waals surface area (Å²) in [5.74, 6) is 0.255. The summed E-state index contributed by atoms with van der Waals surface area (Å²) in [5, 5.41) is 11.4. The van der Waals surface area contributed by atoms with E-state index in [1.54, 1.807) is 30.2 Å². The molecule has 4 aromatic rings. The van der Waals surface area contributed by atoms with Crippen molar-refractivity contribution in [1.29, 1.82) is 0 Å². The number of phenolic OH excluding ortho intramolecular Hbond substituents is 1. The van der Waals surface area contributed by atoms with Crippen LogP contribution in [0.1, 0.15) is 11.1 Å². The zero-order valence-corrected chi connectivity index (χ0v) is 14.8. The molecule has 0 fully saturated rings. The van der Waals surface area contributed by atoms with Gasteiger partial charge < -0.3 is 10.1 Å². The molecule has 0 saturated heterocycles. The van der Waals surface area contributed by atoms with E-state index < -0.39 is 0 Å². The molecule has 2 heterocycles. The highest BCUT2D eigenvalue weighted by atomic mass is 32.2. The minimum absolute atomic E-state index is 0.255. The third-order valence-corrected chi connectivity index (χ3v) is 4.97. The van der Waals surface area contributed by atoms with Crippen molar-refractivity contribution in [3.63, 3.8) is 0 Å². The van der Waals surface area contributed by atoms with Crippen LogP contribution >= 0.6 is 11.8 Å². The summed E-state index contributed by atoms with van der Waals surface area (Å²) in [6, 6.07) is 15.7. The monoisotopic (exact) mass is 347 g/mol. The Morgan fingerprint density at radius 3 is 2.36 bits per heavy atom. The molecule has 0 aliphatic carbocycles. The Hall–Kier alpha value is -2.79. The number of nitrogens with zero attached hydrogens (tertiary/aromatic N) is 2. The van der Waals surface area contributed by atoms with Crippen LogP contribution in [-0.2, 0) is 0 Å². The van der Waals surface area contributed by atoms with Crippen molar-refractivity contribution in [2.75, 3.05) is 0 Å². The second-order valence-electron chi connectivity index (χ2n) is 6.10. The summed E-state index contributed by atoms with van der Waals surface area (Å²) in [4.78, 5) is 13.3. The average molecular weight is 347 g/mol. The molecular weight excluding hydrogens is 330 g/mol. The number of aromatic nitrogens is 3. The van der Waals surface area contributed by atoms with E-state index >= 15 is 0 Å². The lowest BCUT2D eigenvalue weighted by atomic mass is 10.1. The number of aromatic hydroxyl groups is 1. The maximum absolute atomic E-state index is 9.46. The first-order chi connectivity index (χ1) is 12.1. The van der Waals surface area contributed by atoms with E-state index in [9.17, 15) is 5.11 Å². The molecule has 4 rings (SSSR count). The lowest BCUT2D eigenvalue weighted by Crippen LogP contribution is -1.86. The van der Waals surface area contributed by atoms with Gasteiger partial charge in [-0.15, -0.1) is 0 Å². The normalized spacial score (nSPS) is 11.1. The van der Waals surface area contributed by atoms with Crippen LogP contribution in [0.25, 0.3) is 22.3 Å². The molecular formula is C20H17N3OS. The van der Waals surface area contributed by atoms with E-state index in [4.69, 9.17) is 0 Å². The van der Waals surface area contributed by atoms with Crippen molar-refractivity contribution >= 4 is 22.8 Å². The number of benzene rings is 2. The Balaban J connectivity index is 1.76. The maximum Gasteiger partial charge on any atom is 0.142 e. The minimum atomic E-state index is 0.255. The van der Waals surface area contributed by atoms with Gasteiger partial charge in [-0.3, -0.25) is 0 Å².